The Morgan fingerprint density at radius 3 is 2.35 bits per heavy atom. The highest BCUT2D eigenvalue weighted by Crippen LogP contribution is 2.46. The van der Waals surface area contributed by atoms with Gasteiger partial charge >= 0.3 is 18.0 Å². The number of aromatic nitrogens is 2. The van der Waals surface area contributed by atoms with E-state index in [-0.39, 0.29) is 143 Å². The lowest BCUT2D eigenvalue weighted by molar-refractivity contribution is -0.271. The van der Waals surface area contributed by atoms with Gasteiger partial charge < -0.3 is 89.4 Å². The number of halogens is 1. The summed E-state index contributed by atoms with van der Waals surface area (Å²) in [4.78, 5) is 136. The molecule has 0 radical (unpaired) electrons. The Hall–Kier alpha value is -8.82. The molecule has 92 heavy (non-hydrogen) atoms. The average Bonchev–Trinajstić information content (AvgIpc) is 1.48. The van der Waals surface area contributed by atoms with E-state index in [0.717, 1.165) is 17.1 Å². The zero-order valence-electron chi connectivity index (χ0n) is 50.3. The van der Waals surface area contributed by atoms with E-state index in [4.69, 9.17) is 38.1 Å². The fourth-order valence-corrected chi connectivity index (χ4v) is 12.0. The Morgan fingerprint density at radius 1 is 0.870 bits per heavy atom. The van der Waals surface area contributed by atoms with Gasteiger partial charge in [-0.15, -0.1) is 0 Å². The Bertz CT molecular complexity index is 3720. The van der Waals surface area contributed by atoms with Gasteiger partial charge in [-0.25, -0.2) is 23.8 Å². The number of likely N-dealkylation sites (tertiary alicyclic amines) is 1. The van der Waals surface area contributed by atoms with Gasteiger partial charge in [-0.1, -0.05) is 13.0 Å². The van der Waals surface area contributed by atoms with Crippen molar-refractivity contribution in [3.05, 3.63) is 103 Å². The molecule has 9 N–H and O–H groups in total. The van der Waals surface area contributed by atoms with E-state index in [1.54, 1.807) is 13.8 Å². The molecule has 2 fully saturated rings. The third-order valence-electron chi connectivity index (χ3n) is 17.2. The first-order valence-electron chi connectivity index (χ1n) is 29.7. The van der Waals surface area contributed by atoms with Crippen molar-refractivity contribution in [1.29, 1.82) is 0 Å². The van der Waals surface area contributed by atoms with Crippen molar-refractivity contribution in [2.75, 3.05) is 66.3 Å². The normalized spacial score (nSPS) is 22.4. The average molecular weight is 1290 g/mol. The van der Waals surface area contributed by atoms with Gasteiger partial charge in [-0.05, 0) is 66.6 Å². The number of cyclic esters (lactones) is 1. The highest BCUT2D eigenvalue weighted by atomic mass is 19.1. The number of carbonyl (C=O) groups excluding carboxylic acids is 8. The predicted octanol–water partition coefficient (Wildman–Crippen LogP) is -1.08. The van der Waals surface area contributed by atoms with Gasteiger partial charge in [0.25, 0.3) is 17.4 Å². The van der Waals surface area contributed by atoms with Gasteiger partial charge in [0.1, 0.15) is 55.3 Å². The first-order chi connectivity index (χ1) is 43.9. The number of carbonyl (C=O) groups is 9. The number of esters is 1. The number of carboxylic acids is 1. The summed E-state index contributed by atoms with van der Waals surface area (Å²) in [5.74, 6) is -6.40. The third-order valence-corrected chi connectivity index (χ3v) is 17.2. The largest absolute Gasteiger partial charge is 0.479 e. The number of benzene rings is 2. The van der Waals surface area contributed by atoms with Crippen molar-refractivity contribution >= 4 is 64.4 Å². The molecule has 7 heterocycles. The highest BCUT2D eigenvalue weighted by molar-refractivity contribution is 6.13. The third kappa shape index (κ3) is 13.6. The molecule has 1 aliphatic carbocycles. The van der Waals surface area contributed by atoms with Crippen molar-refractivity contribution < 1.29 is 106 Å². The van der Waals surface area contributed by atoms with E-state index in [0.29, 0.717) is 46.2 Å². The number of hydrogen-bond donors (Lipinski definition) is 9. The number of amides is 7. The van der Waals surface area contributed by atoms with Crippen LogP contribution in [0.15, 0.2) is 47.3 Å². The molecule has 0 bridgehead atoms. The number of pyridine rings is 2. The summed E-state index contributed by atoms with van der Waals surface area (Å²) in [7, 11) is 1.51. The van der Waals surface area contributed by atoms with Gasteiger partial charge in [-0.2, -0.15) is 0 Å². The molecule has 31 heteroatoms. The molecule has 4 aromatic rings. The number of aliphatic carboxylic acids is 1. The molecule has 0 unspecified atom stereocenters. The summed E-state index contributed by atoms with van der Waals surface area (Å²) >= 11 is 0. The number of aryl methyl sites for hydroxylation is 1. The summed E-state index contributed by atoms with van der Waals surface area (Å²) < 4.78 is 55.6. The number of hydrogen-bond acceptors (Lipinski definition) is 22. The Balaban J connectivity index is 0.793. The molecule has 6 aliphatic rings. The summed E-state index contributed by atoms with van der Waals surface area (Å²) in [6, 6.07) is 6.26. The minimum atomic E-state index is -2.11. The fourth-order valence-electron chi connectivity index (χ4n) is 12.0. The van der Waals surface area contributed by atoms with Crippen molar-refractivity contribution in [2.24, 2.45) is 0 Å². The lowest BCUT2D eigenvalue weighted by Gasteiger charge is -2.49. The highest BCUT2D eigenvalue weighted by Gasteiger charge is 2.50. The van der Waals surface area contributed by atoms with Crippen molar-refractivity contribution in [3.63, 3.8) is 0 Å². The second-order valence-corrected chi connectivity index (χ2v) is 23.1. The second-order valence-electron chi connectivity index (χ2n) is 23.1. The minimum Gasteiger partial charge on any atom is -0.479 e. The van der Waals surface area contributed by atoms with E-state index in [9.17, 15) is 73.5 Å². The number of fused-ring (bicyclic) bond motifs is 5. The molecular formula is C61H69FN8O22. The number of methoxy groups -OCH3 is 1. The molecule has 10 rings (SSSR count). The van der Waals surface area contributed by atoms with Gasteiger partial charge in [0.15, 0.2) is 11.7 Å². The summed E-state index contributed by atoms with van der Waals surface area (Å²) in [5.41, 5.74) is -0.242. The smallest absolute Gasteiger partial charge is 0.407 e. The zero-order valence-corrected chi connectivity index (χ0v) is 50.3. The maximum absolute atomic E-state index is 15.6. The number of alkyl carbamates (subject to hydrolysis) is 1. The lowest BCUT2D eigenvalue weighted by Crippen LogP contribution is -2.69. The van der Waals surface area contributed by atoms with Gasteiger partial charge in [-0.3, -0.25) is 38.5 Å². The van der Waals surface area contributed by atoms with Crippen LogP contribution >= 0.6 is 0 Å². The fraction of sp³-hybridized carbons (Fsp3) is 0.492. The number of nitrogens with one attached hydrogen (secondary N) is 4. The molecule has 7 amide bonds. The van der Waals surface area contributed by atoms with Gasteiger partial charge in [0.05, 0.1) is 80.9 Å². The Kier molecular flexibility index (Phi) is 19.8. The summed E-state index contributed by atoms with van der Waals surface area (Å²) in [6.07, 6.45) is -8.63. The van der Waals surface area contributed by atoms with Crippen LogP contribution < -0.4 is 31.6 Å². The first-order valence-corrected chi connectivity index (χ1v) is 29.7. The maximum Gasteiger partial charge on any atom is 0.407 e. The molecule has 2 aromatic carbocycles. The number of rotatable bonds is 26. The minimum absolute atomic E-state index is 0.0102. The van der Waals surface area contributed by atoms with Crippen LogP contribution in [0, 0.1) is 12.7 Å². The van der Waals surface area contributed by atoms with E-state index in [1.807, 2.05) is 0 Å². The topological polar surface area (TPSA) is 409 Å². The number of ether oxygens (including phenoxy) is 7. The monoisotopic (exact) mass is 1280 g/mol. The molecule has 7 atom stereocenters. The van der Waals surface area contributed by atoms with Crippen LogP contribution in [0.4, 0.5) is 9.18 Å². The van der Waals surface area contributed by atoms with Crippen LogP contribution in [0.1, 0.15) is 89.6 Å². The molecule has 0 spiro atoms. The quantitative estimate of drug-likeness (QED) is 0.0181. The van der Waals surface area contributed by atoms with Gasteiger partial charge in [0.2, 0.25) is 29.9 Å². The van der Waals surface area contributed by atoms with E-state index in [1.165, 1.54) is 46.9 Å². The van der Waals surface area contributed by atoms with Crippen molar-refractivity contribution in [1.82, 2.24) is 40.6 Å². The van der Waals surface area contributed by atoms with Crippen molar-refractivity contribution in [3.8, 4) is 17.1 Å². The number of aliphatic hydroxyl groups excluding tert-OH is 3. The van der Waals surface area contributed by atoms with E-state index >= 15 is 4.39 Å². The van der Waals surface area contributed by atoms with Crippen LogP contribution in [0.25, 0.3) is 22.3 Å². The Morgan fingerprint density at radius 2 is 1.62 bits per heavy atom. The Labute approximate surface area is 522 Å². The van der Waals surface area contributed by atoms with Gasteiger partial charge in [0, 0.05) is 79.9 Å². The summed E-state index contributed by atoms with van der Waals surface area (Å²) in [6.45, 7) is 1.70. The predicted molar refractivity (Wildman–Crippen MR) is 311 cm³/mol. The number of imide groups is 1. The molecule has 2 aromatic heterocycles. The maximum atomic E-state index is 15.6. The molecule has 0 saturated carbocycles. The second kappa shape index (κ2) is 27.6. The van der Waals surface area contributed by atoms with E-state index in [2.05, 4.69) is 21.3 Å². The van der Waals surface area contributed by atoms with Crippen LogP contribution in [0.2, 0.25) is 0 Å². The number of nitrogens with zero attached hydrogens (tertiary/aromatic N) is 4. The summed E-state index contributed by atoms with van der Waals surface area (Å²) in [5, 5.41) is 64.3. The van der Waals surface area contributed by atoms with Crippen molar-refractivity contribution in [2.45, 2.75) is 127 Å². The number of carboxylic acid groups (broad SMARTS) is 1. The molecular weight excluding hydrogens is 1220 g/mol. The van der Waals surface area contributed by atoms with Crippen LogP contribution in [0.5, 0.6) is 5.75 Å². The molecule has 5 aliphatic heterocycles. The first kappa shape index (κ1) is 66.1. The van der Waals surface area contributed by atoms with Crippen LogP contribution in [0.3, 0.4) is 0 Å². The van der Waals surface area contributed by atoms with Crippen LogP contribution in [-0.2, 0) is 105 Å². The van der Waals surface area contributed by atoms with E-state index < -0.39 is 120 Å². The number of aliphatic hydroxyl groups is 4. The molecule has 30 nitrogen and oxygen atoms in total. The lowest BCUT2D eigenvalue weighted by atomic mass is 9.81. The van der Waals surface area contributed by atoms with Crippen LogP contribution in [-0.4, -0.2) is 201 Å². The molecule has 2 saturated heterocycles. The molecule has 492 valence electrons. The zero-order chi connectivity index (χ0) is 65.9. The SMILES string of the molecule is CC[C@@]1(O)C(=O)OCc2c1cc1n(c2=O)Cc2c-1nc1cc(F)c(C)c3c1c2[C@@H](NC(=O)OCc1ccc(O[C@@H]2O[C@H](C(=O)O)[C@@H](O)[C@H](O)[C@H]2O)c(CNC(=O)CCNC(=O)COC2(CNC(=O)CCN4C(=O)C=CC4=O)CN(C(=O)CCOCCOC)C2)c1)CC3. The standard InChI is InChI=1S/C61H69FN8O22/c1-4-61(85)36-20-40-50-34(23-70(40)55(80)35(36)25-88-58(61)83)49-38(7-6-33-30(2)37(62)21-39(66-50)48(33)49)67-59(84)89-24-31-5-8-41(91-57-53(79)51(77)52(78)54(92-57)56(81)82)32(19-31)22-64-42(71)11-14-63-44(73)26-90-60(28-68(29-60)45(74)13-16-87-18-17-86-3)27-65-43(72)12-15-69-46(75)9-10-47(69)76/h5,8-10,19-21,38,51-54,57,77-79,85H,4,6-7,11-18,22-29H2,1-3H3,(H,63,73)(H,64,71)(H,65,72)(H,67,84)(H,81,82)/t38-,51-,52-,53+,54-,57+,61-/m0/s1.